The van der Waals surface area contributed by atoms with E-state index in [2.05, 4.69) is 4.74 Å². The van der Waals surface area contributed by atoms with Crippen molar-refractivity contribution in [2.75, 3.05) is 0 Å². The van der Waals surface area contributed by atoms with Gasteiger partial charge in [-0.3, -0.25) is 0 Å². The molecule has 0 amide bonds. The van der Waals surface area contributed by atoms with Crippen molar-refractivity contribution in [1.82, 2.24) is 0 Å². The second-order valence-corrected chi connectivity index (χ2v) is 4.13. The molecule has 1 saturated carbocycles. The predicted octanol–water partition coefficient (Wildman–Crippen LogP) is 1.50. The van der Waals surface area contributed by atoms with E-state index in [0.717, 1.165) is 0 Å². The van der Waals surface area contributed by atoms with Gasteiger partial charge in [0.05, 0.1) is 0 Å². The number of nitrogens with zero attached hydrogens (tertiary/aromatic N) is 1. The molecule has 4 nitrogen and oxygen atoms in total. The summed E-state index contributed by atoms with van der Waals surface area (Å²) >= 11 is 0. The first-order valence-electron chi connectivity index (χ1n) is 5.27. The Morgan fingerprint density at radius 1 is 1.35 bits per heavy atom. The highest BCUT2D eigenvalue weighted by Crippen LogP contribution is 2.29. The molecule has 0 spiro atoms. The fourth-order valence-electron chi connectivity index (χ4n) is 1.86. The Morgan fingerprint density at radius 2 is 1.88 bits per heavy atom. The lowest BCUT2D eigenvalue weighted by Gasteiger charge is -2.28. The van der Waals surface area contributed by atoms with E-state index in [4.69, 9.17) is 11.0 Å². The summed E-state index contributed by atoms with van der Waals surface area (Å²) in [4.78, 5) is 10.6. The molecule has 1 atom stereocenters. The zero-order valence-electron chi connectivity index (χ0n) is 9.04. The van der Waals surface area contributed by atoms with Crippen molar-refractivity contribution in [3.63, 3.8) is 0 Å². The smallest absolute Gasteiger partial charge is 0.440 e. The predicted molar refractivity (Wildman–Crippen MR) is 51.5 cm³/mol. The summed E-state index contributed by atoms with van der Waals surface area (Å²) in [5, 5.41) is 8.73. The summed E-state index contributed by atoms with van der Waals surface area (Å²) < 4.78 is 40.1. The molecular weight excluding hydrogens is 237 g/mol. The van der Waals surface area contributed by atoms with Crippen molar-refractivity contribution in [1.29, 1.82) is 5.26 Å². The van der Waals surface area contributed by atoms with Gasteiger partial charge in [-0.25, -0.2) is 4.79 Å². The molecule has 0 aliphatic heterocycles. The van der Waals surface area contributed by atoms with Gasteiger partial charge in [-0.05, 0) is 25.7 Å². The van der Waals surface area contributed by atoms with E-state index in [9.17, 15) is 18.0 Å². The van der Waals surface area contributed by atoms with Crippen molar-refractivity contribution in [3.05, 3.63) is 0 Å². The largest absolute Gasteiger partial charge is 0.490 e. The lowest BCUT2D eigenvalue weighted by atomic mass is 9.83. The monoisotopic (exact) mass is 250 g/mol. The molecular formula is C10H13F3N2O2. The molecule has 96 valence electrons. The highest BCUT2D eigenvalue weighted by atomic mass is 19.4. The van der Waals surface area contributed by atoms with Crippen LogP contribution < -0.4 is 5.73 Å². The molecule has 1 aliphatic carbocycles. The summed E-state index contributed by atoms with van der Waals surface area (Å²) in [6, 6.07) is 1.62. The van der Waals surface area contributed by atoms with E-state index in [-0.39, 0.29) is 12.0 Å². The standard InChI is InChI=1S/C10H13F3N2O2/c11-10(12,13)9(16)17-8(5-14)6-1-3-7(15)4-2-6/h6-8H,1-4,15H2. The van der Waals surface area contributed by atoms with Crippen LogP contribution in [0, 0.1) is 17.2 Å². The Labute approximate surface area is 96.5 Å². The van der Waals surface area contributed by atoms with Crippen molar-refractivity contribution in [3.8, 4) is 6.07 Å². The SMILES string of the molecule is N#CC(OC(=O)C(F)(F)F)C1CCC(N)CC1. The number of halogens is 3. The number of alkyl halides is 3. The number of rotatable bonds is 2. The Bertz CT molecular complexity index is 316. The number of carbonyl (C=O) groups excluding carboxylic acids is 1. The molecule has 17 heavy (non-hydrogen) atoms. The zero-order valence-corrected chi connectivity index (χ0v) is 9.04. The number of hydrogen-bond donors (Lipinski definition) is 1. The van der Waals surface area contributed by atoms with Crippen LogP contribution in [0.25, 0.3) is 0 Å². The molecule has 0 radical (unpaired) electrons. The Balaban J connectivity index is 2.55. The van der Waals surface area contributed by atoms with E-state index in [1.54, 1.807) is 6.07 Å². The van der Waals surface area contributed by atoms with Crippen LogP contribution in [0.2, 0.25) is 0 Å². The van der Waals surface area contributed by atoms with E-state index >= 15 is 0 Å². The fraction of sp³-hybridized carbons (Fsp3) is 0.800. The molecule has 1 rings (SSSR count). The zero-order chi connectivity index (χ0) is 13.1. The van der Waals surface area contributed by atoms with Crippen molar-refractivity contribution in [2.45, 2.75) is 44.0 Å². The molecule has 7 heteroatoms. The number of nitrogens with two attached hydrogens (primary N) is 1. The molecule has 1 unspecified atom stereocenters. The first-order chi connectivity index (χ1) is 7.84. The van der Waals surface area contributed by atoms with E-state index in [1.165, 1.54) is 0 Å². The van der Waals surface area contributed by atoms with Crippen LogP contribution in [0.15, 0.2) is 0 Å². The maximum Gasteiger partial charge on any atom is 0.490 e. The van der Waals surface area contributed by atoms with Gasteiger partial charge in [0.25, 0.3) is 0 Å². The van der Waals surface area contributed by atoms with Crippen molar-refractivity contribution >= 4 is 5.97 Å². The average molecular weight is 250 g/mol. The van der Waals surface area contributed by atoms with Gasteiger partial charge >= 0.3 is 12.1 Å². The summed E-state index contributed by atoms with van der Waals surface area (Å²) in [5.74, 6) is -2.66. The summed E-state index contributed by atoms with van der Waals surface area (Å²) in [5.41, 5.74) is 5.64. The van der Waals surface area contributed by atoms with Crippen LogP contribution in [0.4, 0.5) is 13.2 Å². The number of ether oxygens (including phenoxy) is 1. The first-order valence-corrected chi connectivity index (χ1v) is 5.27. The highest BCUT2D eigenvalue weighted by Gasteiger charge is 2.43. The molecule has 0 heterocycles. The second-order valence-electron chi connectivity index (χ2n) is 4.13. The van der Waals surface area contributed by atoms with Gasteiger partial charge in [0.15, 0.2) is 6.10 Å². The molecule has 0 aromatic rings. The van der Waals surface area contributed by atoms with Crippen molar-refractivity contribution in [2.24, 2.45) is 11.7 Å². The third kappa shape index (κ3) is 3.89. The number of carbonyl (C=O) groups is 1. The Kier molecular flexibility index (Phi) is 4.34. The summed E-state index contributed by atoms with van der Waals surface area (Å²) in [6.07, 6.45) is -4.12. The van der Waals surface area contributed by atoms with Crippen LogP contribution in [0.5, 0.6) is 0 Å². The fourth-order valence-corrected chi connectivity index (χ4v) is 1.86. The van der Waals surface area contributed by atoms with E-state index in [0.29, 0.717) is 25.7 Å². The summed E-state index contributed by atoms with van der Waals surface area (Å²) in [6.45, 7) is 0. The van der Waals surface area contributed by atoms with Gasteiger partial charge in [-0.15, -0.1) is 0 Å². The molecule has 0 aromatic carbocycles. The van der Waals surface area contributed by atoms with Crippen LogP contribution in [-0.4, -0.2) is 24.3 Å². The van der Waals surface area contributed by atoms with Gasteiger partial charge in [-0.1, -0.05) is 0 Å². The third-order valence-electron chi connectivity index (χ3n) is 2.84. The highest BCUT2D eigenvalue weighted by molar-refractivity contribution is 5.76. The van der Waals surface area contributed by atoms with Crippen LogP contribution in [-0.2, 0) is 9.53 Å². The first kappa shape index (κ1) is 13.8. The maximum atomic E-state index is 12.0. The molecule has 2 N–H and O–H groups in total. The molecule has 0 saturated heterocycles. The Hall–Kier alpha value is -1.29. The van der Waals surface area contributed by atoms with Gasteiger partial charge < -0.3 is 10.5 Å². The molecule has 0 aromatic heterocycles. The number of hydrogen-bond acceptors (Lipinski definition) is 4. The van der Waals surface area contributed by atoms with Crippen molar-refractivity contribution < 1.29 is 22.7 Å². The lowest BCUT2D eigenvalue weighted by molar-refractivity contribution is -0.204. The average Bonchev–Trinajstić information content (AvgIpc) is 2.25. The molecule has 1 aliphatic rings. The third-order valence-corrected chi connectivity index (χ3v) is 2.84. The molecule has 1 fully saturated rings. The van der Waals surface area contributed by atoms with Gasteiger partial charge in [0, 0.05) is 12.0 Å². The van der Waals surface area contributed by atoms with Crippen LogP contribution in [0.1, 0.15) is 25.7 Å². The Morgan fingerprint density at radius 3 is 2.29 bits per heavy atom. The quantitative estimate of drug-likeness (QED) is 0.753. The number of nitriles is 1. The normalized spacial score (nSPS) is 27.0. The minimum atomic E-state index is -5.06. The van der Waals surface area contributed by atoms with Crippen LogP contribution in [0.3, 0.4) is 0 Å². The van der Waals surface area contributed by atoms with Gasteiger partial charge in [0.2, 0.25) is 0 Å². The minimum absolute atomic E-state index is 0.0175. The van der Waals surface area contributed by atoms with Gasteiger partial charge in [-0.2, -0.15) is 18.4 Å². The lowest BCUT2D eigenvalue weighted by Crippen LogP contribution is -2.36. The topological polar surface area (TPSA) is 76.1 Å². The molecule has 0 bridgehead atoms. The number of esters is 1. The maximum absolute atomic E-state index is 12.0. The summed E-state index contributed by atoms with van der Waals surface area (Å²) in [7, 11) is 0. The van der Waals surface area contributed by atoms with E-state index in [1.807, 2.05) is 0 Å². The van der Waals surface area contributed by atoms with Gasteiger partial charge in [0.1, 0.15) is 6.07 Å². The van der Waals surface area contributed by atoms with E-state index < -0.39 is 18.2 Å². The van der Waals surface area contributed by atoms with Crippen LogP contribution >= 0.6 is 0 Å². The minimum Gasteiger partial charge on any atom is -0.440 e. The second kappa shape index (κ2) is 5.36.